The molecule has 0 saturated heterocycles. The summed E-state index contributed by atoms with van der Waals surface area (Å²) >= 11 is 0. The van der Waals surface area contributed by atoms with Crippen LogP contribution in [0.3, 0.4) is 0 Å². The van der Waals surface area contributed by atoms with E-state index in [1.807, 2.05) is 0 Å². The fourth-order valence-electron chi connectivity index (χ4n) is 3.16. The molecule has 0 fully saturated rings. The minimum absolute atomic E-state index is 0.178. The highest BCUT2D eigenvalue weighted by Gasteiger charge is 2.34. The van der Waals surface area contributed by atoms with Crippen LogP contribution in [-0.2, 0) is 30.4 Å². The monoisotopic (exact) mass is 380 g/mol. The van der Waals surface area contributed by atoms with Crippen LogP contribution in [0.4, 0.5) is 17.6 Å². The second kappa shape index (κ2) is 7.02. The Morgan fingerprint density at radius 3 is 2.48 bits per heavy atom. The van der Waals surface area contributed by atoms with Crippen LogP contribution in [-0.4, -0.2) is 23.3 Å². The van der Waals surface area contributed by atoms with Gasteiger partial charge in [0.15, 0.2) is 0 Å². The van der Waals surface area contributed by atoms with Crippen molar-refractivity contribution in [3.8, 4) is 0 Å². The van der Waals surface area contributed by atoms with E-state index in [9.17, 15) is 27.2 Å². The van der Waals surface area contributed by atoms with Gasteiger partial charge in [-0.15, -0.1) is 0 Å². The molecule has 2 N–H and O–H groups in total. The van der Waals surface area contributed by atoms with Crippen molar-refractivity contribution in [2.45, 2.75) is 25.6 Å². The van der Waals surface area contributed by atoms with Crippen molar-refractivity contribution in [2.75, 3.05) is 6.54 Å². The van der Waals surface area contributed by atoms with Crippen LogP contribution >= 0.6 is 0 Å². The number of primary amides is 1. The van der Waals surface area contributed by atoms with E-state index in [2.05, 4.69) is 0 Å². The van der Waals surface area contributed by atoms with Crippen molar-refractivity contribution in [1.82, 2.24) is 4.90 Å². The van der Waals surface area contributed by atoms with Crippen molar-refractivity contribution < 1.29 is 27.2 Å². The summed E-state index contributed by atoms with van der Waals surface area (Å²) in [5, 5.41) is 0. The van der Waals surface area contributed by atoms with Crippen LogP contribution in [0, 0.1) is 5.82 Å². The molecule has 1 aliphatic rings. The fourth-order valence-corrected chi connectivity index (χ4v) is 3.16. The van der Waals surface area contributed by atoms with E-state index in [0.29, 0.717) is 24.6 Å². The molecule has 2 aromatic carbocycles. The first-order valence-electron chi connectivity index (χ1n) is 8.20. The quantitative estimate of drug-likeness (QED) is 0.832. The Morgan fingerprint density at radius 1 is 1.07 bits per heavy atom. The number of hydrogen-bond acceptors (Lipinski definition) is 2. The number of rotatable bonds is 3. The molecule has 0 radical (unpaired) electrons. The van der Waals surface area contributed by atoms with Crippen molar-refractivity contribution in [3.05, 3.63) is 70.0 Å². The molecule has 27 heavy (non-hydrogen) atoms. The molecule has 0 aliphatic carbocycles. The van der Waals surface area contributed by atoms with E-state index in [1.54, 1.807) is 18.2 Å². The third-order valence-electron chi connectivity index (χ3n) is 4.57. The van der Waals surface area contributed by atoms with Gasteiger partial charge in [-0.1, -0.05) is 12.1 Å². The lowest BCUT2D eigenvalue weighted by molar-refractivity contribution is -0.139. The number of benzene rings is 2. The lowest BCUT2D eigenvalue weighted by Gasteiger charge is -2.29. The van der Waals surface area contributed by atoms with Gasteiger partial charge < -0.3 is 10.6 Å². The molecular formula is C19H16F4N2O2. The van der Waals surface area contributed by atoms with Gasteiger partial charge in [-0.2, -0.15) is 13.2 Å². The molecular weight excluding hydrogens is 364 g/mol. The van der Waals surface area contributed by atoms with Crippen LogP contribution in [0.15, 0.2) is 36.4 Å². The Balaban J connectivity index is 1.81. The van der Waals surface area contributed by atoms with E-state index < -0.39 is 35.8 Å². The van der Waals surface area contributed by atoms with Crippen molar-refractivity contribution >= 4 is 11.8 Å². The van der Waals surface area contributed by atoms with Crippen LogP contribution < -0.4 is 5.73 Å². The van der Waals surface area contributed by atoms with E-state index >= 15 is 0 Å². The summed E-state index contributed by atoms with van der Waals surface area (Å²) in [5.41, 5.74) is 5.84. The van der Waals surface area contributed by atoms with Gasteiger partial charge in [0, 0.05) is 18.7 Å². The summed E-state index contributed by atoms with van der Waals surface area (Å²) in [6.07, 6.45) is -4.71. The van der Waals surface area contributed by atoms with Crippen molar-refractivity contribution in [3.63, 3.8) is 0 Å². The third kappa shape index (κ3) is 4.10. The summed E-state index contributed by atoms with van der Waals surface area (Å²) in [6.45, 7) is 0.530. The maximum atomic E-state index is 13.2. The van der Waals surface area contributed by atoms with Gasteiger partial charge in [0.25, 0.3) is 0 Å². The van der Waals surface area contributed by atoms with Crippen LogP contribution in [0.2, 0.25) is 0 Å². The summed E-state index contributed by atoms with van der Waals surface area (Å²) in [4.78, 5) is 25.3. The molecule has 8 heteroatoms. The molecule has 0 unspecified atom stereocenters. The molecule has 0 aromatic heterocycles. The number of carbonyl (C=O) groups is 2. The number of hydrogen-bond donors (Lipinski definition) is 1. The average Bonchev–Trinajstić information content (AvgIpc) is 2.61. The molecule has 2 amide bonds. The predicted molar refractivity (Wildman–Crippen MR) is 89.2 cm³/mol. The van der Waals surface area contributed by atoms with Gasteiger partial charge in [-0.25, -0.2) is 4.39 Å². The van der Waals surface area contributed by atoms with Gasteiger partial charge in [0.2, 0.25) is 11.8 Å². The lowest BCUT2D eigenvalue weighted by Crippen LogP contribution is -2.37. The lowest BCUT2D eigenvalue weighted by atomic mass is 9.96. The smallest absolute Gasteiger partial charge is 0.366 e. The maximum absolute atomic E-state index is 13.2. The molecule has 0 bridgehead atoms. The molecule has 142 valence electrons. The second-order valence-electron chi connectivity index (χ2n) is 6.39. The topological polar surface area (TPSA) is 63.4 Å². The van der Waals surface area contributed by atoms with E-state index in [4.69, 9.17) is 5.73 Å². The zero-order valence-corrected chi connectivity index (χ0v) is 14.1. The molecule has 3 rings (SSSR count). The second-order valence-corrected chi connectivity index (χ2v) is 6.39. The van der Waals surface area contributed by atoms with Gasteiger partial charge in [0.1, 0.15) is 5.82 Å². The largest absolute Gasteiger partial charge is 0.416 e. The van der Waals surface area contributed by atoms with Crippen molar-refractivity contribution in [1.29, 1.82) is 0 Å². The number of amides is 2. The van der Waals surface area contributed by atoms with Crippen LogP contribution in [0.25, 0.3) is 0 Å². The van der Waals surface area contributed by atoms with E-state index in [1.165, 1.54) is 4.90 Å². The third-order valence-corrected chi connectivity index (χ3v) is 4.57. The number of halogens is 4. The van der Waals surface area contributed by atoms with Gasteiger partial charge in [-0.05, 0) is 47.4 Å². The normalized spacial score (nSPS) is 14.0. The minimum atomic E-state index is -4.75. The van der Waals surface area contributed by atoms with Crippen LogP contribution in [0.5, 0.6) is 0 Å². The molecule has 0 spiro atoms. The van der Waals surface area contributed by atoms with Crippen molar-refractivity contribution in [2.24, 2.45) is 5.73 Å². The Labute approximate surface area is 152 Å². The van der Waals surface area contributed by atoms with Gasteiger partial charge in [-0.3, -0.25) is 9.59 Å². The number of carbonyl (C=O) groups excluding carboxylic acids is 2. The molecule has 1 heterocycles. The molecule has 4 nitrogen and oxygen atoms in total. The molecule has 2 aromatic rings. The maximum Gasteiger partial charge on any atom is 0.416 e. The number of alkyl halides is 3. The van der Waals surface area contributed by atoms with Gasteiger partial charge in [0.05, 0.1) is 12.0 Å². The molecule has 0 atom stereocenters. The van der Waals surface area contributed by atoms with Crippen LogP contribution in [0.1, 0.15) is 32.6 Å². The molecule has 1 aliphatic heterocycles. The zero-order valence-electron chi connectivity index (χ0n) is 14.1. The number of fused-ring (bicyclic) bond motifs is 1. The SMILES string of the molecule is NC(=O)c1ccc2c(c1)CN(C(=O)Cc1ccc(F)cc1C(F)(F)F)CC2. The first-order valence-corrected chi connectivity index (χ1v) is 8.20. The number of nitrogens with two attached hydrogens (primary N) is 1. The average molecular weight is 380 g/mol. The Hall–Kier alpha value is -2.90. The highest BCUT2D eigenvalue weighted by Crippen LogP contribution is 2.33. The standard InChI is InChI=1S/C19H16F4N2O2/c20-15-4-3-12(16(9-15)19(21,22)23)8-17(26)25-6-5-11-1-2-13(18(24)27)7-14(11)10-25/h1-4,7,9H,5-6,8,10H2,(H2,24,27). The van der Waals surface area contributed by atoms with E-state index in [-0.39, 0.29) is 12.1 Å². The van der Waals surface area contributed by atoms with E-state index in [0.717, 1.165) is 23.3 Å². The number of nitrogens with zero attached hydrogens (tertiary/aromatic N) is 1. The minimum Gasteiger partial charge on any atom is -0.366 e. The Morgan fingerprint density at radius 2 is 1.81 bits per heavy atom. The zero-order chi connectivity index (χ0) is 19.8. The fraction of sp³-hybridized carbons (Fsp3) is 0.263. The molecule has 0 saturated carbocycles. The summed E-state index contributed by atoms with van der Waals surface area (Å²) in [7, 11) is 0. The summed E-state index contributed by atoms with van der Waals surface area (Å²) in [5.74, 6) is -2.10. The Kier molecular flexibility index (Phi) is 4.91. The first-order chi connectivity index (χ1) is 12.6. The Bertz CT molecular complexity index is 909. The summed E-state index contributed by atoms with van der Waals surface area (Å²) < 4.78 is 52.5. The summed E-state index contributed by atoms with van der Waals surface area (Å²) in [6, 6.07) is 7.25. The highest BCUT2D eigenvalue weighted by atomic mass is 19.4. The first kappa shape index (κ1) is 18.9. The highest BCUT2D eigenvalue weighted by molar-refractivity contribution is 5.93. The predicted octanol–water partition coefficient (Wildman–Crippen LogP) is 3.07. The van der Waals surface area contributed by atoms with Gasteiger partial charge >= 0.3 is 6.18 Å².